The average molecular weight is 439 g/mol. The van der Waals surface area contributed by atoms with Crippen molar-refractivity contribution in [1.82, 2.24) is 9.80 Å². The summed E-state index contributed by atoms with van der Waals surface area (Å²) in [6.45, 7) is 6.04. The van der Waals surface area contributed by atoms with E-state index in [0.29, 0.717) is 44.1 Å². The molecule has 1 aliphatic rings. The molecule has 0 bridgehead atoms. The van der Waals surface area contributed by atoms with E-state index in [-0.39, 0.29) is 36.0 Å². The quantitative estimate of drug-likeness (QED) is 0.604. The largest absolute Gasteiger partial charge is 0.341 e. The van der Waals surface area contributed by atoms with Crippen molar-refractivity contribution in [3.8, 4) is 0 Å². The van der Waals surface area contributed by atoms with Gasteiger partial charge >= 0.3 is 0 Å². The number of carbonyl (C=O) groups excluding carboxylic acids is 3. The number of ketones is 1. The Kier molecular flexibility index (Phi) is 8.14. The molecule has 32 heavy (non-hydrogen) atoms. The Balaban J connectivity index is 1.50. The molecule has 2 aromatic rings. The lowest BCUT2D eigenvalue weighted by atomic mass is 9.99. The van der Waals surface area contributed by atoms with Crippen molar-refractivity contribution in [2.45, 2.75) is 39.5 Å². The van der Waals surface area contributed by atoms with Crippen molar-refractivity contribution in [2.24, 2.45) is 5.92 Å². The van der Waals surface area contributed by atoms with Gasteiger partial charge in [-0.05, 0) is 36.5 Å². The number of halogens is 1. The van der Waals surface area contributed by atoms with Crippen LogP contribution in [0.15, 0.2) is 48.5 Å². The molecule has 0 N–H and O–H groups in total. The highest BCUT2D eigenvalue weighted by molar-refractivity contribution is 5.98. The van der Waals surface area contributed by atoms with Gasteiger partial charge in [-0.25, -0.2) is 4.39 Å². The highest BCUT2D eigenvalue weighted by Crippen LogP contribution is 2.15. The normalized spacial score (nSPS) is 14.4. The molecule has 2 aromatic carbocycles. The maximum absolute atomic E-state index is 14.0. The van der Waals surface area contributed by atoms with Crippen LogP contribution >= 0.6 is 0 Å². The number of hydrogen-bond acceptors (Lipinski definition) is 3. The van der Waals surface area contributed by atoms with Crippen LogP contribution in [0.1, 0.15) is 59.4 Å². The van der Waals surface area contributed by atoms with E-state index in [4.69, 9.17) is 0 Å². The van der Waals surface area contributed by atoms with Crippen LogP contribution in [0, 0.1) is 11.7 Å². The Bertz CT molecular complexity index is 956. The second kappa shape index (κ2) is 11.0. The zero-order valence-electron chi connectivity index (χ0n) is 18.9. The van der Waals surface area contributed by atoms with E-state index in [1.165, 1.54) is 17.7 Å². The summed E-state index contributed by atoms with van der Waals surface area (Å²) in [5.41, 5.74) is 1.88. The Morgan fingerprint density at radius 2 is 1.53 bits per heavy atom. The number of benzene rings is 2. The summed E-state index contributed by atoms with van der Waals surface area (Å²) in [4.78, 5) is 41.1. The van der Waals surface area contributed by atoms with Crippen LogP contribution in [0.5, 0.6) is 0 Å². The van der Waals surface area contributed by atoms with Crippen LogP contribution in [0.3, 0.4) is 0 Å². The smallest absolute Gasteiger partial charge is 0.256 e. The van der Waals surface area contributed by atoms with Crippen molar-refractivity contribution in [3.63, 3.8) is 0 Å². The van der Waals surface area contributed by atoms with Crippen LogP contribution in [0.4, 0.5) is 4.39 Å². The first-order valence-corrected chi connectivity index (χ1v) is 11.3. The molecule has 170 valence electrons. The molecule has 6 heteroatoms. The highest BCUT2D eigenvalue weighted by atomic mass is 19.1. The predicted octanol–water partition coefficient (Wildman–Crippen LogP) is 4.36. The Hall–Kier alpha value is -3.02. The van der Waals surface area contributed by atoms with Crippen LogP contribution in [-0.4, -0.2) is 53.6 Å². The molecule has 1 fully saturated rings. The fourth-order valence-electron chi connectivity index (χ4n) is 4.00. The van der Waals surface area contributed by atoms with Crippen molar-refractivity contribution in [1.29, 1.82) is 0 Å². The summed E-state index contributed by atoms with van der Waals surface area (Å²) in [6, 6.07) is 13.6. The maximum atomic E-state index is 14.0. The number of Topliss-reactive ketones (excluding diaryl/α,β-unsaturated/α-hetero) is 1. The van der Waals surface area contributed by atoms with Crippen molar-refractivity contribution >= 4 is 17.6 Å². The minimum Gasteiger partial charge on any atom is -0.341 e. The molecule has 0 radical (unpaired) electrons. The molecule has 1 heterocycles. The first-order valence-electron chi connectivity index (χ1n) is 11.3. The molecule has 1 saturated heterocycles. The van der Waals surface area contributed by atoms with Gasteiger partial charge in [0.1, 0.15) is 5.82 Å². The molecule has 3 rings (SSSR count). The van der Waals surface area contributed by atoms with Crippen LogP contribution in [0.25, 0.3) is 0 Å². The second-order valence-electron chi connectivity index (χ2n) is 8.72. The molecule has 1 aliphatic heterocycles. The van der Waals surface area contributed by atoms with Crippen LogP contribution in [0.2, 0.25) is 0 Å². The third-order valence-corrected chi connectivity index (χ3v) is 5.73. The summed E-state index contributed by atoms with van der Waals surface area (Å²) < 4.78 is 14.0. The monoisotopic (exact) mass is 438 g/mol. The van der Waals surface area contributed by atoms with Gasteiger partial charge in [-0.1, -0.05) is 50.2 Å². The summed E-state index contributed by atoms with van der Waals surface area (Å²) >= 11 is 0. The fraction of sp³-hybridized carbons (Fsp3) is 0.423. The summed E-state index contributed by atoms with van der Waals surface area (Å²) in [7, 11) is 0. The molecular weight excluding hydrogens is 407 g/mol. The van der Waals surface area contributed by atoms with Crippen molar-refractivity contribution in [2.75, 3.05) is 26.2 Å². The lowest BCUT2D eigenvalue weighted by Gasteiger charge is -2.22. The second-order valence-corrected chi connectivity index (χ2v) is 8.72. The standard InChI is InChI=1S/C26H31FN2O3/c1-19(2)18-20-8-10-21(11-9-20)24(30)12-13-25(31)28-14-5-15-29(17-16-28)26(32)22-6-3-4-7-23(22)27/h3-4,6-11,19H,5,12-18H2,1-2H3. The van der Waals surface area contributed by atoms with Gasteiger partial charge in [0.2, 0.25) is 5.91 Å². The lowest BCUT2D eigenvalue weighted by Crippen LogP contribution is -2.37. The van der Waals surface area contributed by atoms with E-state index in [9.17, 15) is 18.8 Å². The molecular formula is C26H31FN2O3. The first kappa shape index (κ1) is 23.6. The van der Waals surface area contributed by atoms with Crippen LogP contribution in [-0.2, 0) is 11.2 Å². The van der Waals surface area contributed by atoms with Gasteiger partial charge in [0.15, 0.2) is 5.78 Å². The van der Waals surface area contributed by atoms with Gasteiger partial charge in [0.05, 0.1) is 5.56 Å². The number of carbonyl (C=O) groups is 3. The minimum atomic E-state index is -0.537. The molecule has 0 aromatic heterocycles. The van der Waals surface area contributed by atoms with Gasteiger partial charge in [0, 0.05) is 44.6 Å². The van der Waals surface area contributed by atoms with Gasteiger partial charge in [-0.15, -0.1) is 0 Å². The zero-order chi connectivity index (χ0) is 23.1. The fourth-order valence-corrected chi connectivity index (χ4v) is 4.00. The van der Waals surface area contributed by atoms with E-state index >= 15 is 0 Å². The van der Waals surface area contributed by atoms with E-state index in [1.54, 1.807) is 21.9 Å². The summed E-state index contributed by atoms with van der Waals surface area (Å²) in [5, 5.41) is 0. The molecule has 5 nitrogen and oxygen atoms in total. The van der Waals surface area contributed by atoms with E-state index < -0.39 is 5.82 Å². The number of hydrogen-bond donors (Lipinski definition) is 0. The SMILES string of the molecule is CC(C)Cc1ccc(C(=O)CCC(=O)N2CCCN(C(=O)c3ccccc3F)CC2)cc1. The van der Waals surface area contributed by atoms with Gasteiger partial charge in [-0.3, -0.25) is 14.4 Å². The number of rotatable bonds is 7. The zero-order valence-corrected chi connectivity index (χ0v) is 18.9. The van der Waals surface area contributed by atoms with E-state index in [1.807, 2.05) is 24.3 Å². The summed E-state index contributed by atoms with van der Waals surface area (Å²) in [5.74, 6) is -0.463. The first-order chi connectivity index (χ1) is 15.3. The average Bonchev–Trinajstić information content (AvgIpc) is 3.04. The van der Waals surface area contributed by atoms with Crippen molar-refractivity contribution in [3.05, 3.63) is 71.0 Å². The molecule has 0 unspecified atom stereocenters. The van der Waals surface area contributed by atoms with Crippen molar-refractivity contribution < 1.29 is 18.8 Å². The molecule has 0 saturated carbocycles. The molecule has 0 atom stereocenters. The highest BCUT2D eigenvalue weighted by Gasteiger charge is 2.24. The Labute approximate surface area is 189 Å². The topological polar surface area (TPSA) is 57.7 Å². The van der Waals surface area contributed by atoms with E-state index in [2.05, 4.69) is 13.8 Å². The number of amides is 2. The van der Waals surface area contributed by atoms with Gasteiger partial charge in [0.25, 0.3) is 5.91 Å². The minimum absolute atomic E-state index is 0.0411. The molecule has 0 spiro atoms. The molecule has 0 aliphatic carbocycles. The predicted molar refractivity (Wildman–Crippen MR) is 122 cm³/mol. The molecule has 2 amide bonds. The van der Waals surface area contributed by atoms with Gasteiger partial charge < -0.3 is 9.80 Å². The third kappa shape index (κ3) is 6.25. The van der Waals surface area contributed by atoms with Gasteiger partial charge in [-0.2, -0.15) is 0 Å². The lowest BCUT2D eigenvalue weighted by molar-refractivity contribution is -0.131. The number of nitrogens with zero attached hydrogens (tertiary/aromatic N) is 2. The Morgan fingerprint density at radius 3 is 2.22 bits per heavy atom. The van der Waals surface area contributed by atoms with E-state index in [0.717, 1.165) is 6.42 Å². The Morgan fingerprint density at radius 1 is 0.875 bits per heavy atom. The van der Waals surface area contributed by atoms with Crippen LogP contribution < -0.4 is 0 Å². The maximum Gasteiger partial charge on any atom is 0.256 e. The third-order valence-electron chi connectivity index (χ3n) is 5.73. The summed E-state index contributed by atoms with van der Waals surface area (Å²) in [6.07, 6.45) is 1.90.